The second-order valence-electron chi connectivity index (χ2n) is 12.5. The monoisotopic (exact) mass is 643 g/mol. The minimum atomic E-state index is 0.906. The van der Waals surface area contributed by atoms with Gasteiger partial charge in [0.25, 0.3) is 0 Å². The van der Waals surface area contributed by atoms with Crippen molar-refractivity contribution < 1.29 is 4.42 Å². The van der Waals surface area contributed by atoms with Crippen LogP contribution >= 0.6 is 11.3 Å². The highest BCUT2D eigenvalue weighted by Crippen LogP contribution is 2.46. The van der Waals surface area contributed by atoms with E-state index in [1.165, 1.54) is 47.8 Å². The summed E-state index contributed by atoms with van der Waals surface area (Å²) in [5, 5.41) is 7.32. The molecule has 0 aliphatic rings. The molecule has 0 atom stereocenters. The Morgan fingerprint density at radius 3 is 1.86 bits per heavy atom. The van der Waals surface area contributed by atoms with E-state index in [1.807, 2.05) is 11.3 Å². The quantitative estimate of drug-likeness (QED) is 0.186. The van der Waals surface area contributed by atoms with E-state index in [4.69, 9.17) is 4.42 Å². The van der Waals surface area contributed by atoms with Crippen LogP contribution in [0.3, 0.4) is 0 Å². The first-order valence-corrected chi connectivity index (χ1v) is 17.4. The molecule has 0 spiro atoms. The molecule has 2 heterocycles. The number of thiophene rings is 1. The van der Waals surface area contributed by atoms with Gasteiger partial charge in [0, 0.05) is 43.2 Å². The molecular formula is C46H29NOS. The predicted molar refractivity (Wildman–Crippen MR) is 210 cm³/mol. The first-order valence-electron chi connectivity index (χ1n) is 16.6. The third-order valence-corrected chi connectivity index (χ3v) is 10.9. The van der Waals surface area contributed by atoms with Crippen LogP contribution in [-0.2, 0) is 0 Å². The number of hydrogen-bond donors (Lipinski definition) is 0. The summed E-state index contributed by atoms with van der Waals surface area (Å²) in [4.78, 5) is 2.38. The molecule has 2 aromatic heterocycles. The van der Waals surface area contributed by atoms with Crippen molar-refractivity contribution in [3.8, 4) is 22.3 Å². The van der Waals surface area contributed by atoms with Crippen molar-refractivity contribution in [2.75, 3.05) is 4.90 Å². The first-order chi connectivity index (χ1) is 24.3. The highest BCUT2D eigenvalue weighted by atomic mass is 32.1. The van der Waals surface area contributed by atoms with Gasteiger partial charge in [0.1, 0.15) is 11.2 Å². The van der Waals surface area contributed by atoms with E-state index in [-0.39, 0.29) is 0 Å². The largest absolute Gasteiger partial charge is 0.455 e. The van der Waals surface area contributed by atoms with Crippen LogP contribution in [0.1, 0.15) is 0 Å². The fourth-order valence-electron chi connectivity index (χ4n) is 7.45. The van der Waals surface area contributed by atoms with Crippen LogP contribution in [0.25, 0.3) is 75.1 Å². The van der Waals surface area contributed by atoms with Crippen LogP contribution in [0.4, 0.5) is 17.1 Å². The number of anilines is 3. The molecule has 10 rings (SSSR count). The molecule has 0 aliphatic carbocycles. The highest BCUT2D eigenvalue weighted by molar-refractivity contribution is 7.26. The summed E-state index contributed by atoms with van der Waals surface area (Å²) in [6.07, 6.45) is 0. The second-order valence-corrected chi connectivity index (χ2v) is 13.5. The average molecular weight is 644 g/mol. The third kappa shape index (κ3) is 4.47. The van der Waals surface area contributed by atoms with Crippen molar-refractivity contribution in [3.05, 3.63) is 176 Å². The van der Waals surface area contributed by atoms with Crippen LogP contribution in [0.2, 0.25) is 0 Å². The van der Waals surface area contributed by atoms with E-state index in [1.54, 1.807) is 0 Å². The molecule has 49 heavy (non-hydrogen) atoms. The van der Waals surface area contributed by atoms with Crippen molar-refractivity contribution in [2.45, 2.75) is 0 Å². The highest BCUT2D eigenvalue weighted by Gasteiger charge is 2.20. The molecule has 0 bridgehead atoms. The van der Waals surface area contributed by atoms with Gasteiger partial charge in [-0.3, -0.25) is 0 Å². The van der Waals surface area contributed by atoms with Crippen molar-refractivity contribution >= 4 is 81.3 Å². The van der Waals surface area contributed by atoms with E-state index in [9.17, 15) is 0 Å². The molecule has 8 aromatic carbocycles. The van der Waals surface area contributed by atoms with E-state index >= 15 is 0 Å². The zero-order valence-electron chi connectivity index (χ0n) is 26.5. The van der Waals surface area contributed by atoms with E-state index in [0.717, 1.165) is 44.4 Å². The van der Waals surface area contributed by atoms with Crippen molar-refractivity contribution in [3.63, 3.8) is 0 Å². The molecular weight excluding hydrogens is 615 g/mol. The van der Waals surface area contributed by atoms with Gasteiger partial charge in [-0.25, -0.2) is 0 Å². The number of hydrogen-bond acceptors (Lipinski definition) is 3. The first kappa shape index (κ1) is 27.9. The molecule has 0 saturated carbocycles. The molecule has 2 nitrogen and oxygen atoms in total. The maximum absolute atomic E-state index is 6.79. The van der Waals surface area contributed by atoms with E-state index in [0.29, 0.717) is 0 Å². The van der Waals surface area contributed by atoms with Crippen molar-refractivity contribution in [2.24, 2.45) is 0 Å². The lowest BCUT2D eigenvalue weighted by atomic mass is 9.94. The summed E-state index contributed by atoms with van der Waals surface area (Å²) in [6, 6.07) is 62.9. The smallest absolute Gasteiger partial charge is 0.143 e. The number of furan rings is 1. The third-order valence-electron chi connectivity index (χ3n) is 9.66. The normalized spacial score (nSPS) is 11.7. The Kier molecular flexibility index (Phi) is 6.39. The maximum Gasteiger partial charge on any atom is 0.143 e. The fourth-order valence-corrected chi connectivity index (χ4v) is 8.65. The number of rotatable bonds is 5. The second kappa shape index (κ2) is 11.2. The average Bonchev–Trinajstić information content (AvgIpc) is 3.75. The van der Waals surface area contributed by atoms with Gasteiger partial charge < -0.3 is 9.32 Å². The summed E-state index contributed by atoms with van der Waals surface area (Å²) < 4.78 is 9.38. The summed E-state index contributed by atoms with van der Waals surface area (Å²) in [6.45, 7) is 0. The van der Waals surface area contributed by atoms with Crippen LogP contribution < -0.4 is 4.90 Å². The Morgan fingerprint density at radius 2 is 1.04 bits per heavy atom. The SMILES string of the molecule is c1ccc(-c2cc3oc4c(-c5ccc(N(c6ccccc6)c6cccc7c6sc6ccccc67)cc5)cccc4c3c3ccccc23)cc1. The fraction of sp³-hybridized carbons (Fsp3) is 0. The number of nitrogens with zero attached hydrogens (tertiary/aromatic N) is 1. The van der Waals surface area contributed by atoms with Gasteiger partial charge in [0.2, 0.25) is 0 Å². The van der Waals surface area contributed by atoms with Crippen LogP contribution in [-0.4, -0.2) is 0 Å². The van der Waals surface area contributed by atoms with Gasteiger partial charge in [-0.15, -0.1) is 11.3 Å². The Labute approximate surface area is 287 Å². The molecule has 0 N–H and O–H groups in total. The Balaban J connectivity index is 1.13. The molecule has 0 amide bonds. The Morgan fingerprint density at radius 1 is 0.429 bits per heavy atom. The lowest BCUT2D eigenvalue weighted by Crippen LogP contribution is -2.09. The number of fused-ring (bicyclic) bond motifs is 8. The number of para-hydroxylation sites is 2. The van der Waals surface area contributed by atoms with Crippen LogP contribution in [0.5, 0.6) is 0 Å². The molecule has 230 valence electrons. The lowest BCUT2D eigenvalue weighted by molar-refractivity contribution is 0.670. The van der Waals surface area contributed by atoms with Gasteiger partial charge in [-0.1, -0.05) is 133 Å². The molecule has 10 aromatic rings. The van der Waals surface area contributed by atoms with Gasteiger partial charge >= 0.3 is 0 Å². The molecule has 0 radical (unpaired) electrons. The Hall–Kier alpha value is -6.16. The van der Waals surface area contributed by atoms with Crippen LogP contribution in [0.15, 0.2) is 180 Å². The summed E-state index contributed by atoms with van der Waals surface area (Å²) in [5.41, 5.74) is 9.81. The summed E-state index contributed by atoms with van der Waals surface area (Å²) in [5.74, 6) is 0. The zero-order chi connectivity index (χ0) is 32.3. The van der Waals surface area contributed by atoms with Gasteiger partial charge in [-0.2, -0.15) is 0 Å². The minimum Gasteiger partial charge on any atom is -0.455 e. The van der Waals surface area contributed by atoms with Crippen LogP contribution in [0, 0.1) is 0 Å². The van der Waals surface area contributed by atoms with Gasteiger partial charge in [-0.05, 0) is 69.9 Å². The molecule has 0 fully saturated rings. The lowest BCUT2D eigenvalue weighted by Gasteiger charge is -2.26. The predicted octanol–water partition coefficient (Wildman–Crippen LogP) is 13.9. The zero-order valence-corrected chi connectivity index (χ0v) is 27.3. The van der Waals surface area contributed by atoms with Crippen molar-refractivity contribution in [1.29, 1.82) is 0 Å². The number of benzene rings is 8. The summed E-state index contributed by atoms with van der Waals surface area (Å²) in [7, 11) is 0. The van der Waals surface area contributed by atoms with Gasteiger partial charge in [0.15, 0.2) is 0 Å². The standard InChI is InChI=1S/C46H29NOS/c1-3-13-30(14-4-1)40-29-42-44(37-19-8-7-17-35(37)40)39-22-11-20-34(45(39)48-42)31-25-27-33(28-26-31)47(32-15-5-2-6-16-32)41-23-12-21-38-36-18-9-10-24-43(36)49-46(38)41/h1-29H. The summed E-state index contributed by atoms with van der Waals surface area (Å²) >= 11 is 1.86. The molecule has 0 unspecified atom stereocenters. The van der Waals surface area contributed by atoms with E-state index < -0.39 is 0 Å². The van der Waals surface area contributed by atoms with Gasteiger partial charge in [0.05, 0.1) is 10.4 Å². The Bertz CT molecular complexity index is 2810. The maximum atomic E-state index is 6.79. The van der Waals surface area contributed by atoms with E-state index in [2.05, 4.69) is 181 Å². The van der Waals surface area contributed by atoms with Crippen molar-refractivity contribution in [1.82, 2.24) is 0 Å². The topological polar surface area (TPSA) is 16.4 Å². The minimum absolute atomic E-state index is 0.906. The molecule has 0 saturated heterocycles. The molecule has 0 aliphatic heterocycles. The molecule has 3 heteroatoms.